The number of hydrogen-bond acceptors (Lipinski definition) is 10. The Labute approximate surface area is 340 Å². The van der Waals surface area contributed by atoms with Gasteiger partial charge in [0.25, 0.3) is 0 Å². The molecule has 3 unspecified atom stereocenters. The lowest BCUT2D eigenvalue weighted by atomic mass is 9.99. The van der Waals surface area contributed by atoms with Crippen molar-refractivity contribution in [3.8, 4) is 0 Å². The van der Waals surface area contributed by atoms with Crippen LogP contribution in [0.3, 0.4) is 0 Å². The summed E-state index contributed by atoms with van der Waals surface area (Å²) in [5.41, 5.74) is 0. The fraction of sp³-hybridized carbons (Fsp3) is 0.826. The van der Waals surface area contributed by atoms with Crippen molar-refractivity contribution in [3.63, 3.8) is 0 Å². The van der Waals surface area contributed by atoms with Gasteiger partial charge in [-0.05, 0) is 57.8 Å². The van der Waals surface area contributed by atoms with Crippen LogP contribution in [-0.4, -0.2) is 89.0 Å². The molecule has 0 bridgehead atoms. The van der Waals surface area contributed by atoms with Crippen molar-refractivity contribution in [1.29, 1.82) is 0 Å². The highest BCUT2D eigenvalue weighted by Crippen LogP contribution is 2.22. The minimum absolute atomic E-state index is 0.123. The van der Waals surface area contributed by atoms with Crippen molar-refractivity contribution < 1.29 is 49.0 Å². The standard InChI is InChI=1S/C46H82O10/c1-3-5-7-9-11-13-15-17-18-19-20-21-23-24-26-28-30-32-34-41(48)53-37-39(38-54-46-45(52)44(51)43(50)40(36-47)56-46)55-42(49)35-33-31-29-27-25-22-16-14-12-10-8-6-4-2/h20-22,25,29,31,39-40,43-47,50-52H,3-19,23-24,26-28,30,32-38H2,1-2H3/b21-20+,25-22+,31-29+/t39?,40-,43+,44?,45?,46-/m0/s1. The second-order valence-electron chi connectivity index (χ2n) is 15.5. The second-order valence-corrected chi connectivity index (χ2v) is 15.5. The number of hydrogen-bond donors (Lipinski definition) is 4. The Kier molecular flexibility index (Phi) is 34.5. The molecule has 10 heteroatoms. The lowest BCUT2D eigenvalue weighted by molar-refractivity contribution is -0.305. The van der Waals surface area contributed by atoms with Gasteiger partial charge in [0.05, 0.1) is 13.2 Å². The normalized spacial score (nSPS) is 20.7. The number of esters is 2. The zero-order chi connectivity index (χ0) is 40.9. The molecule has 1 fully saturated rings. The van der Waals surface area contributed by atoms with Crippen LogP contribution >= 0.6 is 0 Å². The molecule has 0 saturated carbocycles. The Balaban J connectivity index is 2.35. The quantitative estimate of drug-likeness (QED) is 0.0272. The Morgan fingerprint density at radius 1 is 0.554 bits per heavy atom. The molecule has 4 N–H and O–H groups in total. The molecule has 0 spiro atoms. The number of rotatable bonds is 37. The third-order valence-electron chi connectivity index (χ3n) is 10.3. The summed E-state index contributed by atoms with van der Waals surface area (Å²) in [6, 6.07) is 0. The highest BCUT2D eigenvalue weighted by molar-refractivity contribution is 5.70. The van der Waals surface area contributed by atoms with Gasteiger partial charge >= 0.3 is 11.9 Å². The zero-order valence-electron chi connectivity index (χ0n) is 35.4. The highest BCUT2D eigenvalue weighted by atomic mass is 16.7. The van der Waals surface area contributed by atoms with Crippen LogP contribution in [0.25, 0.3) is 0 Å². The molecule has 0 aromatic heterocycles. The molecule has 0 amide bonds. The van der Waals surface area contributed by atoms with E-state index in [0.717, 1.165) is 44.9 Å². The van der Waals surface area contributed by atoms with Crippen LogP contribution in [0, 0.1) is 0 Å². The maximum absolute atomic E-state index is 12.7. The molecule has 10 nitrogen and oxygen atoms in total. The molecule has 1 aliphatic rings. The predicted octanol–water partition coefficient (Wildman–Crippen LogP) is 9.50. The van der Waals surface area contributed by atoms with Crippen molar-refractivity contribution in [2.75, 3.05) is 19.8 Å². The molecule has 1 rings (SSSR count). The van der Waals surface area contributed by atoms with Crippen LogP contribution in [0.2, 0.25) is 0 Å². The van der Waals surface area contributed by atoms with Crippen molar-refractivity contribution in [1.82, 2.24) is 0 Å². The molecule has 56 heavy (non-hydrogen) atoms. The Morgan fingerprint density at radius 2 is 1.04 bits per heavy atom. The van der Waals surface area contributed by atoms with Gasteiger partial charge < -0.3 is 39.4 Å². The maximum Gasteiger partial charge on any atom is 0.306 e. The third kappa shape index (κ3) is 28.3. The molecule has 6 atom stereocenters. The molecule has 1 aliphatic heterocycles. The molecular weight excluding hydrogens is 712 g/mol. The van der Waals surface area contributed by atoms with Gasteiger partial charge in [0.2, 0.25) is 0 Å². The molecule has 0 aromatic carbocycles. The van der Waals surface area contributed by atoms with Gasteiger partial charge in [0, 0.05) is 12.8 Å². The maximum atomic E-state index is 12.7. The number of ether oxygens (including phenoxy) is 4. The average Bonchev–Trinajstić information content (AvgIpc) is 3.19. The summed E-state index contributed by atoms with van der Waals surface area (Å²) in [6.07, 6.45) is 34.5. The minimum atomic E-state index is -1.60. The van der Waals surface area contributed by atoms with E-state index in [1.807, 2.05) is 12.2 Å². The average molecular weight is 795 g/mol. The summed E-state index contributed by atoms with van der Waals surface area (Å²) in [5.74, 6) is -0.893. The smallest absolute Gasteiger partial charge is 0.306 e. The van der Waals surface area contributed by atoms with Gasteiger partial charge in [-0.1, -0.05) is 153 Å². The van der Waals surface area contributed by atoms with E-state index >= 15 is 0 Å². The number of unbranched alkanes of at least 4 members (excludes halogenated alkanes) is 20. The van der Waals surface area contributed by atoms with Crippen LogP contribution in [0.4, 0.5) is 0 Å². The first-order valence-corrected chi connectivity index (χ1v) is 22.6. The number of allylic oxidation sites excluding steroid dienone is 6. The first-order chi connectivity index (χ1) is 27.3. The van der Waals surface area contributed by atoms with Crippen LogP contribution in [0.5, 0.6) is 0 Å². The largest absolute Gasteiger partial charge is 0.462 e. The molecule has 0 aromatic rings. The summed E-state index contributed by atoms with van der Waals surface area (Å²) >= 11 is 0. The fourth-order valence-corrected chi connectivity index (χ4v) is 6.65. The summed E-state index contributed by atoms with van der Waals surface area (Å²) in [7, 11) is 0. The number of carbonyl (C=O) groups excluding carboxylic acids is 2. The van der Waals surface area contributed by atoms with Crippen LogP contribution in [-0.2, 0) is 28.5 Å². The molecule has 0 radical (unpaired) electrons. The second kappa shape index (κ2) is 37.2. The van der Waals surface area contributed by atoms with Gasteiger partial charge in [-0.3, -0.25) is 9.59 Å². The van der Waals surface area contributed by atoms with Gasteiger partial charge in [-0.2, -0.15) is 0 Å². The van der Waals surface area contributed by atoms with Crippen LogP contribution in [0.15, 0.2) is 36.5 Å². The van der Waals surface area contributed by atoms with Crippen molar-refractivity contribution >= 4 is 11.9 Å². The third-order valence-corrected chi connectivity index (χ3v) is 10.3. The SMILES string of the molecule is CCCCCCCC/C=C/C/C=C/CCC(=O)OC(COC(=O)CCCCCCC/C=C/CCCCCCCCCCC)CO[C@H]1O[C@@H](CO)[C@@H](O)C(O)C1O. The summed E-state index contributed by atoms with van der Waals surface area (Å²) in [6.45, 7) is 3.35. The first-order valence-electron chi connectivity index (χ1n) is 22.6. The number of aliphatic hydroxyl groups is 4. The summed E-state index contributed by atoms with van der Waals surface area (Å²) in [5, 5.41) is 40.0. The minimum Gasteiger partial charge on any atom is -0.462 e. The molecule has 326 valence electrons. The van der Waals surface area contributed by atoms with Crippen LogP contribution in [0.1, 0.15) is 187 Å². The lowest BCUT2D eigenvalue weighted by Crippen LogP contribution is -2.59. The fourth-order valence-electron chi connectivity index (χ4n) is 6.65. The number of carbonyl (C=O) groups is 2. The van der Waals surface area contributed by atoms with E-state index in [9.17, 15) is 30.0 Å². The van der Waals surface area contributed by atoms with Crippen molar-refractivity contribution in [2.45, 2.75) is 224 Å². The van der Waals surface area contributed by atoms with Gasteiger partial charge in [-0.15, -0.1) is 0 Å². The van der Waals surface area contributed by atoms with Gasteiger partial charge in [-0.25, -0.2) is 0 Å². The first kappa shape index (κ1) is 51.9. The Bertz CT molecular complexity index is 1010. The Hall–Kier alpha value is -2.08. The van der Waals surface area contributed by atoms with Crippen molar-refractivity contribution in [3.05, 3.63) is 36.5 Å². The molecule has 0 aliphatic carbocycles. The van der Waals surface area contributed by atoms with E-state index in [1.54, 1.807) is 0 Å². The molecule has 1 saturated heterocycles. The van der Waals surface area contributed by atoms with Crippen LogP contribution < -0.4 is 0 Å². The van der Waals surface area contributed by atoms with E-state index in [0.29, 0.717) is 12.8 Å². The van der Waals surface area contributed by atoms with E-state index < -0.39 is 55.4 Å². The van der Waals surface area contributed by atoms with Gasteiger partial charge in [0.1, 0.15) is 31.0 Å². The topological polar surface area (TPSA) is 152 Å². The monoisotopic (exact) mass is 795 g/mol. The summed E-state index contributed by atoms with van der Waals surface area (Å²) in [4.78, 5) is 25.3. The lowest BCUT2D eigenvalue weighted by Gasteiger charge is -2.39. The van der Waals surface area contributed by atoms with Crippen molar-refractivity contribution in [2.24, 2.45) is 0 Å². The molecular formula is C46H82O10. The predicted molar refractivity (Wildman–Crippen MR) is 224 cm³/mol. The number of aliphatic hydroxyl groups excluding tert-OH is 4. The van der Waals surface area contributed by atoms with Gasteiger partial charge in [0.15, 0.2) is 12.4 Å². The highest BCUT2D eigenvalue weighted by Gasteiger charge is 2.44. The molecule has 1 heterocycles. The van der Waals surface area contributed by atoms with E-state index in [-0.39, 0.29) is 26.1 Å². The zero-order valence-corrected chi connectivity index (χ0v) is 35.4. The Morgan fingerprint density at radius 3 is 1.57 bits per heavy atom. The van der Waals surface area contributed by atoms with E-state index in [1.165, 1.54) is 103 Å². The van der Waals surface area contributed by atoms with E-state index in [2.05, 4.69) is 38.2 Å². The van der Waals surface area contributed by atoms with E-state index in [4.69, 9.17) is 18.9 Å². The summed E-state index contributed by atoms with van der Waals surface area (Å²) < 4.78 is 22.1.